The smallest absolute Gasteiger partial charge is 0.393 e. The third-order valence-electron chi connectivity index (χ3n) is 4.29. The molecule has 3 N–H and O–H groups in total. The van der Waals surface area contributed by atoms with Crippen LogP contribution in [0.1, 0.15) is 18.4 Å². The number of aromatic nitrogens is 4. The third-order valence-corrected chi connectivity index (χ3v) is 5.27. The van der Waals surface area contributed by atoms with Gasteiger partial charge in [0.1, 0.15) is 5.82 Å². The second kappa shape index (κ2) is 6.09. The summed E-state index contributed by atoms with van der Waals surface area (Å²) in [4.78, 5) is 10.6. The van der Waals surface area contributed by atoms with Crippen molar-refractivity contribution < 1.29 is 18.3 Å². The number of nitrogens with zero attached hydrogens (tertiary/aromatic N) is 5. The van der Waals surface area contributed by atoms with Crippen molar-refractivity contribution in [3.05, 3.63) is 24.0 Å². The number of pyridine rings is 1. The zero-order valence-electron chi connectivity index (χ0n) is 13.4. The van der Waals surface area contributed by atoms with Crippen molar-refractivity contribution in [2.45, 2.75) is 25.1 Å². The minimum Gasteiger partial charge on any atom is -0.393 e. The Hall–Kier alpha value is -2.40. The molecule has 3 aromatic heterocycles. The van der Waals surface area contributed by atoms with Crippen LogP contribution in [0.5, 0.6) is 0 Å². The zero-order chi connectivity index (χ0) is 18.5. The fraction of sp³-hybridized carbons (Fsp3) is 0.400. The molecule has 1 fully saturated rings. The highest BCUT2D eigenvalue weighted by molar-refractivity contribution is 7.20. The van der Waals surface area contributed by atoms with Gasteiger partial charge < -0.3 is 15.7 Å². The Labute approximate surface area is 149 Å². The normalized spacial score (nSPS) is 16.5. The van der Waals surface area contributed by atoms with Crippen LogP contribution in [0, 0.1) is 0 Å². The number of halogens is 3. The van der Waals surface area contributed by atoms with Crippen LogP contribution in [-0.2, 0) is 6.18 Å². The molecule has 0 radical (unpaired) electrons. The standard InChI is InChI=1S/C15H15F3N6OS/c16-15(17,18)10-5-8(6-20-12(10)19)11-7-24-13(21-11)26-14(22-24)23-3-1-9(25)2-4-23/h5-7,9,25H,1-4H2,(H2,19,20). The Morgan fingerprint density at radius 1 is 1.27 bits per heavy atom. The van der Waals surface area contributed by atoms with Gasteiger partial charge in [-0.2, -0.15) is 13.2 Å². The maximum absolute atomic E-state index is 13.0. The predicted molar refractivity (Wildman–Crippen MR) is 91.0 cm³/mol. The number of rotatable bonds is 2. The highest BCUT2D eigenvalue weighted by Crippen LogP contribution is 2.35. The first-order valence-corrected chi connectivity index (χ1v) is 8.75. The second-order valence-corrected chi connectivity index (χ2v) is 7.05. The molecule has 0 aromatic carbocycles. The number of anilines is 2. The molecule has 0 spiro atoms. The molecule has 0 saturated carbocycles. The van der Waals surface area contributed by atoms with E-state index in [2.05, 4.69) is 20.0 Å². The van der Waals surface area contributed by atoms with Crippen LogP contribution in [0.15, 0.2) is 18.5 Å². The fourth-order valence-corrected chi connectivity index (χ4v) is 3.79. The minimum atomic E-state index is -4.57. The summed E-state index contributed by atoms with van der Waals surface area (Å²) in [5.74, 6) is -0.560. The maximum Gasteiger partial charge on any atom is 0.419 e. The second-order valence-electron chi connectivity index (χ2n) is 6.11. The van der Waals surface area contributed by atoms with Gasteiger partial charge in [-0.25, -0.2) is 14.5 Å². The number of alkyl halides is 3. The average molecular weight is 384 g/mol. The van der Waals surface area contributed by atoms with E-state index in [0.29, 0.717) is 36.6 Å². The number of imidazole rings is 1. The lowest BCUT2D eigenvalue weighted by Gasteiger charge is -2.28. The number of hydrogen-bond donors (Lipinski definition) is 2. The molecule has 26 heavy (non-hydrogen) atoms. The molecular formula is C15H15F3N6OS. The van der Waals surface area contributed by atoms with Crippen LogP contribution in [-0.4, -0.2) is 43.9 Å². The van der Waals surface area contributed by atoms with Crippen molar-refractivity contribution in [3.8, 4) is 11.3 Å². The van der Waals surface area contributed by atoms with E-state index in [1.165, 1.54) is 17.5 Å². The SMILES string of the molecule is Nc1ncc(-c2cn3nc(N4CCC(O)CC4)sc3n2)cc1C(F)(F)F. The van der Waals surface area contributed by atoms with Gasteiger partial charge in [0.05, 0.1) is 23.6 Å². The van der Waals surface area contributed by atoms with Gasteiger partial charge in [0, 0.05) is 24.8 Å². The van der Waals surface area contributed by atoms with Gasteiger partial charge in [-0.3, -0.25) is 0 Å². The molecule has 7 nitrogen and oxygen atoms in total. The highest BCUT2D eigenvalue weighted by atomic mass is 32.1. The minimum absolute atomic E-state index is 0.229. The van der Waals surface area contributed by atoms with E-state index in [1.54, 1.807) is 10.7 Å². The van der Waals surface area contributed by atoms with Crippen LogP contribution >= 0.6 is 11.3 Å². The van der Waals surface area contributed by atoms with Gasteiger partial charge in [0.15, 0.2) is 0 Å². The summed E-state index contributed by atoms with van der Waals surface area (Å²) in [5, 5.41) is 14.8. The maximum atomic E-state index is 13.0. The Morgan fingerprint density at radius 2 is 2.00 bits per heavy atom. The lowest BCUT2D eigenvalue weighted by Crippen LogP contribution is -2.35. The summed E-state index contributed by atoms with van der Waals surface area (Å²) in [5.41, 5.74) is 4.93. The highest BCUT2D eigenvalue weighted by Gasteiger charge is 2.34. The summed E-state index contributed by atoms with van der Waals surface area (Å²) < 4.78 is 40.5. The number of fused-ring (bicyclic) bond motifs is 1. The predicted octanol–water partition coefficient (Wildman–Crippen LogP) is 2.41. The van der Waals surface area contributed by atoms with Crippen molar-refractivity contribution >= 4 is 27.2 Å². The number of hydrogen-bond acceptors (Lipinski definition) is 7. The monoisotopic (exact) mass is 384 g/mol. The van der Waals surface area contributed by atoms with Gasteiger partial charge in [-0.1, -0.05) is 11.3 Å². The van der Waals surface area contributed by atoms with Crippen LogP contribution in [0.2, 0.25) is 0 Å². The first kappa shape index (κ1) is 17.0. The van der Waals surface area contributed by atoms with E-state index in [-0.39, 0.29) is 11.7 Å². The first-order chi connectivity index (χ1) is 12.3. The molecular weight excluding hydrogens is 369 g/mol. The van der Waals surface area contributed by atoms with E-state index in [1.807, 2.05) is 0 Å². The van der Waals surface area contributed by atoms with E-state index in [4.69, 9.17) is 5.73 Å². The lowest BCUT2D eigenvalue weighted by molar-refractivity contribution is -0.137. The van der Waals surface area contributed by atoms with Crippen molar-refractivity contribution in [1.29, 1.82) is 0 Å². The molecule has 4 heterocycles. The van der Waals surface area contributed by atoms with Gasteiger partial charge in [-0.15, -0.1) is 5.10 Å². The van der Waals surface area contributed by atoms with Gasteiger partial charge >= 0.3 is 6.18 Å². The Bertz CT molecular complexity index is 913. The fourth-order valence-electron chi connectivity index (χ4n) is 2.86. The van der Waals surface area contributed by atoms with Gasteiger partial charge in [0.25, 0.3) is 0 Å². The number of aliphatic hydroxyl groups excluding tert-OH is 1. The van der Waals surface area contributed by atoms with Crippen LogP contribution in [0.25, 0.3) is 16.2 Å². The van der Waals surface area contributed by atoms with Gasteiger partial charge in [0.2, 0.25) is 10.1 Å². The Morgan fingerprint density at radius 3 is 2.65 bits per heavy atom. The van der Waals surface area contributed by atoms with Crippen molar-refractivity contribution in [2.75, 3.05) is 23.7 Å². The summed E-state index contributed by atoms with van der Waals surface area (Å²) in [7, 11) is 0. The zero-order valence-corrected chi connectivity index (χ0v) is 14.3. The third kappa shape index (κ3) is 3.07. The molecule has 0 atom stereocenters. The molecule has 11 heteroatoms. The quantitative estimate of drug-likeness (QED) is 0.705. The van der Waals surface area contributed by atoms with E-state index >= 15 is 0 Å². The topological polar surface area (TPSA) is 92.6 Å². The van der Waals surface area contributed by atoms with E-state index in [9.17, 15) is 18.3 Å². The number of piperidine rings is 1. The van der Waals surface area contributed by atoms with Crippen LogP contribution < -0.4 is 10.6 Å². The average Bonchev–Trinajstić information content (AvgIpc) is 3.14. The summed E-state index contributed by atoms with van der Waals surface area (Å²) in [6.07, 6.45) is -0.641. The molecule has 138 valence electrons. The number of nitrogens with two attached hydrogens (primary N) is 1. The van der Waals surface area contributed by atoms with E-state index in [0.717, 1.165) is 11.2 Å². The van der Waals surface area contributed by atoms with Gasteiger partial charge in [-0.05, 0) is 18.9 Å². The Kier molecular flexibility index (Phi) is 3.99. The largest absolute Gasteiger partial charge is 0.419 e. The molecule has 1 aliphatic heterocycles. The molecule has 1 aliphatic rings. The molecule has 4 rings (SSSR count). The van der Waals surface area contributed by atoms with E-state index < -0.39 is 17.6 Å². The summed E-state index contributed by atoms with van der Waals surface area (Å²) in [6.45, 7) is 1.42. The summed E-state index contributed by atoms with van der Waals surface area (Å²) in [6, 6.07) is 0.946. The number of nitrogen functional groups attached to an aromatic ring is 1. The molecule has 3 aromatic rings. The van der Waals surface area contributed by atoms with Crippen molar-refractivity contribution in [2.24, 2.45) is 0 Å². The molecule has 0 aliphatic carbocycles. The molecule has 0 bridgehead atoms. The first-order valence-electron chi connectivity index (χ1n) is 7.93. The summed E-state index contributed by atoms with van der Waals surface area (Å²) >= 11 is 1.35. The molecule has 0 unspecified atom stereocenters. The Balaban J connectivity index is 1.64. The van der Waals surface area contributed by atoms with Crippen molar-refractivity contribution in [1.82, 2.24) is 19.6 Å². The van der Waals surface area contributed by atoms with Crippen molar-refractivity contribution in [3.63, 3.8) is 0 Å². The van der Waals surface area contributed by atoms with Crippen LogP contribution in [0.3, 0.4) is 0 Å². The molecule has 1 saturated heterocycles. The molecule has 0 amide bonds. The number of aliphatic hydroxyl groups is 1. The lowest BCUT2D eigenvalue weighted by atomic mass is 10.1. The van der Waals surface area contributed by atoms with Crippen LogP contribution in [0.4, 0.5) is 24.1 Å².